The van der Waals surface area contributed by atoms with Gasteiger partial charge in [-0.3, -0.25) is 5.10 Å². The minimum Gasteiger partial charge on any atom is -0.406 e. The molecule has 0 aliphatic carbocycles. The molecule has 0 saturated carbocycles. The number of urea groups is 1. The van der Waals surface area contributed by atoms with Gasteiger partial charge in [0.05, 0.1) is 18.3 Å². The molecule has 11 nitrogen and oxygen atoms in total. The molecule has 1 atom stereocenters. The molecule has 0 fully saturated rings. The Labute approximate surface area is 243 Å². The second-order valence-electron chi connectivity index (χ2n) is 9.41. The maximum absolute atomic E-state index is 12.9. The number of amides is 2. The van der Waals surface area contributed by atoms with Gasteiger partial charge in [0.1, 0.15) is 11.6 Å². The van der Waals surface area contributed by atoms with E-state index in [0.29, 0.717) is 31.6 Å². The number of carbonyl (C=O) groups is 1. The Kier molecular flexibility index (Phi) is 12.1. The molecule has 4 N–H and O–H groups in total. The molecular formula is C27H36F3N7O4S. The van der Waals surface area contributed by atoms with Crippen molar-refractivity contribution in [2.75, 3.05) is 30.7 Å². The summed E-state index contributed by atoms with van der Waals surface area (Å²) in [5, 5.41) is 11.9. The molecule has 1 heterocycles. The number of aromatic amines is 1. The Morgan fingerprint density at radius 3 is 2.40 bits per heavy atom. The number of halogens is 3. The van der Waals surface area contributed by atoms with Crippen LogP contribution in [0, 0.1) is 0 Å². The molecular weight excluding hydrogens is 575 g/mol. The largest absolute Gasteiger partial charge is 0.573 e. The van der Waals surface area contributed by atoms with Gasteiger partial charge in [0.15, 0.2) is 5.82 Å². The van der Waals surface area contributed by atoms with E-state index in [1.807, 2.05) is 44.2 Å². The molecule has 0 bridgehead atoms. The highest BCUT2D eigenvalue weighted by molar-refractivity contribution is 7.89. The van der Waals surface area contributed by atoms with Crippen LogP contribution in [0.4, 0.5) is 23.7 Å². The number of nitrogens with one attached hydrogen (secondary N) is 4. The quantitative estimate of drug-likeness (QED) is 0.189. The van der Waals surface area contributed by atoms with E-state index in [2.05, 4.69) is 40.2 Å². The summed E-state index contributed by atoms with van der Waals surface area (Å²) < 4.78 is 69.4. The number of hydrogen-bond acceptors (Lipinski definition) is 7. The van der Waals surface area contributed by atoms with Crippen molar-refractivity contribution < 1.29 is 31.1 Å². The number of ether oxygens (including phenoxy) is 1. The van der Waals surface area contributed by atoms with Gasteiger partial charge in [0.25, 0.3) is 0 Å². The Hall–Kier alpha value is -3.69. The van der Waals surface area contributed by atoms with E-state index in [-0.39, 0.29) is 23.8 Å². The predicted molar refractivity (Wildman–Crippen MR) is 152 cm³/mol. The number of aromatic nitrogens is 3. The van der Waals surface area contributed by atoms with Gasteiger partial charge in [-0.25, -0.2) is 22.9 Å². The number of carbonyl (C=O) groups excluding carboxylic acids is 1. The third-order valence-corrected chi connectivity index (χ3v) is 7.77. The molecule has 42 heavy (non-hydrogen) atoms. The lowest BCUT2D eigenvalue weighted by Gasteiger charge is -2.19. The Bertz CT molecular complexity index is 1350. The number of nitrogens with zero attached hydrogens (tertiary/aromatic N) is 3. The van der Waals surface area contributed by atoms with Crippen molar-refractivity contribution >= 4 is 21.7 Å². The topological polar surface area (TPSA) is 141 Å². The van der Waals surface area contributed by atoms with Crippen molar-refractivity contribution in [3.63, 3.8) is 0 Å². The van der Waals surface area contributed by atoms with Crippen molar-refractivity contribution in [1.29, 1.82) is 0 Å². The fourth-order valence-corrected chi connectivity index (χ4v) is 5.41. The van der Waals surface area contributed by atoms with Crippen LogP contribution >= 0.6 is 0 Å². The van der Waals surface area contributed by atoms with E-state index in [1.54, 1.807) is 0 Å². The maximum atomic E-state index is 12.9. The summed E-state index contributed by atoms with van der Waals surface area (Å²) in [7, 11) is -3.63. The van der Waals surface area contributed by atoms with Crippen LogP contribution in [0.15, 0.2) is 54.6 Å². The first kappa shape index (κ1) is 32.8. The van der Waals surface area contributed by atoms with Crippen LogP contribution < -0.4 is 20.1 Å². The molecule has 0 unspecified atom stereocenters. The van der Waals surface area contributed by atoms with Crippen LogP contribution in [0.1, 0.15) is 49.9 Å². The molecule has 2 amide bonds. The monoisotopic (exact) mass is 611 g/mol. The van der Waals surface area contributed by atoms with E-state index in [9.17, 15) is 26.4 Å². The minimum atomic E-state index is -4.81. The Balaban J connectivity index is 1.59. The number of anilines is 1. The first-order valence-corrected chi connectivity index (χ1v) is 15.2. The lowest BCUT2D eigenvalue weighted by atomic mass is 10.1. The normalized spacial score (nSPS) is 12.7. The molecule has 1 aromatic heterocycles. The summed E-state index contributed by atoms with van der Waals surface area (Å²) in [6.07, 6.45) is -3.30. The Morgan fingerprint density at radius 2 is 1.76 bits per heavy atom. The van der Waals surface area contributed by atoms with E-state index < -0.39 is 34.2 Å². The molecule has 2 aromatic carbocycles. The molecule has 15 heteroatoms. The number of H-pyrrole nitrogens is 1. The predicted octanol–water partition coefficient (Wildman–Crippen LogP) is 4.35. The lowest BCUT2D eigenvalue weighted by Crippen LogP contribution is -2.33. The van der Waals surface area contributed by atoms with Crippen LogP contribution in [0.25, 0.3) is 0 Å². The molecule has 0 aliphatic heterocycles. The van der Waals surface area contributed by atoms with Gasteiger partial charge in [-0.15, -0.1) is 13.2 Å². The molecule has 0 aliphatic rings. The summed E-state index contributed by atoms with van der Waals surface area (Å²) in [5.74, 6) is 0.0930. The Morgan fingerprint density at radius 1 is 1.07 bits per heavy atom. The minimum absolute atomic E-state index is 0.0304. The number of sulfonamides is 1. The zero-order chi connectivity index (χ0) is 30.6. The van der Waals surface area contributed by atoms with E-state index in [0.717, 1.165) is 30.8 Å². The molecule has 3 aromatic rings. The summed E-state index contributed by atoms with van der Waals surface area (Å²) in [4.78, 5) is 18.8. The zero-order valence-corrected chi connectivity index (χ0v) is 24.3. The summed E-state index contributed by atoms with van der Waals surface area (Å²) >= 11 is 0. The summed E-state index contributed by atoms with van der Waals surface area (Å²) in [6.45, 7) is 6.35. The fourth-order valence-electron chi connectivity index (χ4n) is 4.12. The van der Waals surface area contributed by atoms with Gasteiger partial charge in [0, 0.05) is 5.69 Å². The highest BCUT2D eigenvalue weighted by atomic mass is 32.2. The van der Waals surface area contributed by atoms with Crippen molar-refractivity contribution in [3.05, 3.63) is 71.8 Å². The summed E-state index contributed by atoms with van der Waals surface area (Å²) in [6, 6.07) is 13.0. The number of hydrogen-bond donors (Lipinski definition) is 4. The van der Waals surface area contributed by atoms with Gasteiger partial charge in [-0.05, 0) is 68.7 Å². The first-order valence-electron chi connectivity index (χ1n) is 13.5. The van der Waals surface area contributed by atoms with Crippen LogP contribution in [0.3, 0.4) is 0 Å². The molecule has 0 spiro atoms. The van der Waals surface area contributed by atoms with Gasteiger partial charge in [-0.1, -0.05) is 44.2 Å². The standard InChI is InChI=1S/C27H36F3N7O4S/c1-3-37(4-2)17-8-18-42(39,40)36-23(16-11-20-9-6-5-7-10-20)25-33-24(34-35-25)19-31-26(38)32-21-12-14-22(15-13-21)41-27(28,29)30/h5-7,9-10,12-15,23,36H,3-4,8,11,16-19H2,1-2H3,(H2,31,32,38)(H,33,34,35)/t23-/m1/s1. The van der Waals surface area contributed by atoms with Crippen LogP contribution in [0.2, 0.25) is 0 Å². The molecule has 0 saturated heterocycles. The zero-order valence-electron chi connectivity index (χ0n) is 23.4. The second kappa shape index (κ2) is 15.5. The maximum Gasteiger partial charge on any atom is 0.573 e. The second-order valence-corrected chi connectivity index (χ2v) is 11.3. The third kappa shape index (κ3) is 11.7. The highest BCUT2D eigenvalue weighted by Gasteiger charge is 2.31. The van der Waals surface area contributed by atoms with Crippen molar-refractivity contribution in [2.24, 2.45) is 0 Å². The first-order chi connectivity index (χ1) is 20.0. The number of rotatable bonds is 16. The van der Waals surface area contributed by atoms with Gasteiger partial charge >= 0.3 is 12.4 Å². The number of benzene rings is 2. The van der Waals surface area contributed by atoms with Crippen molar-refractivity contribution in [1.82, 2.24) is 30.1 Å². The van der Waals surface area contributed by atoms with Crippen molar-refractivity contribution in [3.8, 4) is 5.75 Å². The van der Waals surface area contributed by atoms with E-state index in [1.165, 1.54) is 12.1 Å². The van der Waals surface area contributed by atoms with E-state index in [4.69, 9.17) is 0 Å². The average molecular weight is 612 g/mol. The third-order valence-electron chi connectivity index (χ3n) is 6.30. The fraction of sp³-hybridized carbons (Fsp3) is 0.444. The lowest BCUT2D eigenvalue weighted by molar-refractivity contribution is -0.274. The van der Waals surface area contributed by atoms with Crippen molar-refractivity contribution in [2.45, 2.75) is 52.1 Å². The van der Waals surface area contributed by atoms with E-state index >= 15 is 0 Å². The highest BCUT2D eigenvalue weighted by Crippen LogP contribution is 2.24. The number of aryl methyl sites for hydroxylation is 1. The smallest absolute Gasteiger partial charge is 0.406 e. The molecule has 230 valence electrons. The summed E-state index contributed by atoms with van der Waals surface area (Å²) in [5.41, 5.74) is 1.29. The van der Waals surface area contributed by atoms with Gasteiger partial charge in [-0.2, -0.15) is 5.10 Å². The molecule has 0 radical (unpaired) electrons. The molecule has 3 rings (SSSR count). The van der Waals surface area contributed by atoms with Gasteiger partial charge in [0.2, 0.25) is 10.0 Å². The van der Waals surface area contributed by atoms with Crippen LogP contribution in [0.5, 0.6) is 5.75 Å². The van der Waals surface area contributed by atoms with Crippen LogP contribution in [-0.4, -0.2) is 66.3 Å². The average Bonchev–Trinajstić information content (AvgIpc) is 3.42. The SMILES string of the molecule is CCN(CC)CCCS(=O)(=O)N[C@H](CCc1ccccc1)c1nc(CNC(=O)Nc2ccc(OC(F)(F)F)cc2)n[nH]1. The number of alkyl halides is 3. The van der Waals surface area contributed by atoms with Gasteiger partial charge < -0.3 is 20.3 Å². The van der Waals surface area contributed by atoms with Crippen LogP contribution in [-0.2, 0) is 23.0 Å².